The summed E-state index contributed by atoms with van der Waals surface area (Å²) in [7, 11) is 0. The molecule has 1 heterocycles. The number of hydrogen-bond acceptors (Lipinski definition) is 2. The maximum absolute atomic E-state index is 13.6. The molecule has 106 valence electrons. The minimum atomic E-state index is -0.756. The molecule has 1 saturated heterocycles. The molecule has 0 aliphatic carbocycles. The van der Waals surface area contributed by atoms with Crippen molar-refractivity contribution in [3.8, 4) is 0 Å². The summed E-state index contributed by atoms with van der Waals surface area (Å²) in [6.07, 6.45) is 1.07. The maximum atomic E-state index is 13.6. The van der Waals surface area contributed by atoms with Crippen molar-refractivity contribution in [3.05, 3.63) is 35.4 Å². The lowest BCUT2D eigenvalue weighted by molar-refractivity contribution is 0.255. The van der Waals surface area contributed by atoms with Gasteiger partial charge in [-0.25, -0.2) is 8.78 Å². The largest absolute Gasteiger partial charge is 0.301 e. The highest BCUT2D eigenvalue weighted by Gasteiger charge is 2.16. The van der Waals surface area contributed by atoms with Crippen LogP contribution in [0.3, 0.4) is 0 Å². The fourth-order valence-corrected chi connectivity index (χ4v) is 2.94. The lowest BCUT2D eigenvalue weighted by Gasteiger charge is -2.21. The standard InChI is InChI=1S/C14H19BrF2N2/c15-5-8-18-6-2-7-19(10-9-18)11-12-3-1-4-13(16)14(12)17/h1,3-4H,2,5-11H2. The molecule has 0 saturated carbocycles. The van der Waals surface area contributed by atoms with Crippen LogP contribution in [0.15, 0.2) is 18.2 Å². The van der Waals surface area contributed by atoms with Crippen molar-refractivity contribution in [2.24, 2.45) is 0 Å². The topological polar surface area (TPSA) is 6.48 Å². The van der Waals surface area contributed by atoms with Gasteiger partial charge in [0.2, 0.25) is 0 Å². The SMILES string of the molecule is Fc1cccc(CN2CCCN(CCBr)CC2)c1F. The highest BCUT2D eigenvalue weighted by molar-refractivity contribution is 9.09. The Morgan fingerprint density at radius 2 is 1.79 bits per heavy atom. The van der Waals surface area contributed by atoms with Crippen LogP contribution in [0.5, 0.6) is 0 Å². The molecule has 0 N–H and O–H groups in total. The summed E-state index contributed by atoms with van der Waals surface area (Å²) < 4.78 is 26.8. The molecule has 19 heavy (non-hydrogen) atoms. The van der Waals surface area contributed by atoms with Gasteiger partial charge in [0.25, 0.3) is 0 Å². The Morgan fingerprint density at radius 3 is 2.58 bits per heavy atom. The van der Waals surface area contributed by atoms with Crippen LogP contribution in [0, 0.1) is 11.6 Å². The second kappa shape index (κ2) is 7.31. The van der Waals surface area contributed by atoms with Crippen molar-refractivity contribution in [2.75, 3.05) is 38.1 Å². The van der Waals surface area contributed by atoms with Crippen LogP contribution >= 0.6 is 15.9 Å². The lowest BCUT2D eigenvalue weighted by Crippen LogP contribution is -2.31. The normalized spacial score (nSPS) is 18.5. The molecular weight excluding hydrogens is 314 g/mol. The molecule has 1 aromatic carbocycles. The van der Waals surface area contributed by atoms with Crippen LogP contribution in [0.1, 0.15) is 12.0 Å². The predicted octanol–water partition coefficient (Wildman–Crippen LogP) is 2.87. The quantitative estimate of drug-likeness (QED) is 0.782. The molecule has 0 atom stereocenters. The summed E-state index contributed by atoms with van der Waals surface area (Å²) in [5.74, 6) is -1.46. The summed E-state index contributed by atoms with van der Waals surface area (Å²) in [5.41, 5.74) is 0.453. The fraction of sp³-hybridized carbons (Fsp3) is 0.571. The van der Waals surface area contributed by atoms with Gasteiger partial charge < -0.3 is 4.90 Å². The van der Waals surface area contributed by atoms with Crippen molar-refractivity contribution < 1.29 is 8.78 Å². The van der Waals surface area contributed by atoms with Gasteiger partial charge in [0.15, 0.2) is 11.6 Å². The van der Waals surface area contributed by atoms with E-state index < -0.39 is 11.6 Å². The van der Waals surface area contributed by atoms with Gasteiger partial charge in [-0.15, -0.1) is 0 Å². The zero-order chi connectivity index (χ0) is 13.7. The second-order valence-electron chi connectivity index (χ2n) is 4.87. The van der Waals surface area contributed by atoms with E-state index in [4.69, 9.17) is 0 Å². The third kappa shape index (κ3) is 4.23. The first-order valence-corrected chi connectivity index (χ1v) is 7.76. The average Bonchev–Trinajstić information content (AvgIpc) is 2.61. The number of hydrogen-bond donors (Lipinski definition) is 0. The molecule has 0 unspecified atom stereocenters. The third-order valence-electron chi connectivity index (χ3n) is 3.51. The molecule has 2 rings (SSSR count). The molecule has 0 amide bonds. The highest BCUT2D eigenvalue weighted by atomic mass is 79.9. The number of alkyl halides is 1. The van der Waals surface area contributed by atoms with Gasteiger partial charge in [0.05, 0.1) is 0 Å². The molecule has 0 bridgehead atoms. The van der Waals surface area contributed by atoms with Gasteiger partial charge in [0, 0.05) is 37.1 Å². The summed E-state index contributed by atoms with van der Waals surface area (Å²) in [5, 5.41) is 0.978. The van der Waals surface area contributed by atoms with E-state index in [0.29, 0.717) is 12.1 Å². The molecule has 1 aromatic rings. The monoisotopic (exact) mass is 332 g/mol. The Balaban J connectivity index is 1.94. The van der Waals surface area contributed by atoms with E-state index in [1.807, 2.05) is 0 Å². The smallest absolute Gasteiger partial charge is 0.163 e. The van der Waals surface area contributed by atoms with E-state index in [9.17, 15) is 8.78 Å². The highest BCUT2D eigenvalue weighted by Crippen LogP contribution is 2.15. The first-order chi connectivity index (χ1) is 9.20. The molecular formula is C14H19BrF2N2. The molecule has 1 fully saturated rings. The van der Waals surface area contributed by atoms with Crippen LogP contribution in [-0.4, -0.2) is 47.9 Å². The van der Waals surface area contributed by atoms with Gasteiger partial charge in [-0.1, -0.05) is 28.1 Å². The van der Waals surface area contributed by atoms with E-state index >= 15 is 0 Å². The number of halogens is 3. The van der Waals surface area contributed by atoms with Crippen molar-refractivity contribution in [1.29, 1.82) is 0 Å². The lowest BCUT2D eigenvalue weighted by atomic mass is 10.2. The first-order valence-electron chi connectivity index (χ1n) is 6.64. The Morgan fingerprint density at radius 1 is 1.05 bits per heavy atom. The van der Waals surface area contributed by atoms with Gasteiger partial charge in [-0.3, -0.25) is 4.90 Å². The molecule has 5 heteroatoms. The molecule has 2 nitrogen and oxygen atoms in total. The van der Waals surface area contributed by atoms with E-state index in [1.165, 1.54) is 6.07 Å². The summed E-state index contributed by atoms with van der Waals surface area (Å²) in [6.45, 7) is 5.45. The van der Waals surface area contributed by atoms with Crippen LogP contribution in [0.4, 0.5) is 8.78 Å². The van der Waals surface area contributed by atoms with E-state index in [-0.39, 0.29) is 0 Å². The Labute approximate surface area is 121 Å². The predicted molar refractivity (Wildman–Crippen MR) is 76.5 cm³/mol. The van der Waals surface area contributed by atoms with Crippen molar-refractivity contribution in [2.45, 2.75) is 13.0 Å². The minimum Gasteiger partial charge on any atom is -0.301 e. The fourth-order valence-electron chi connectivity index (χ4n) is 2.44. The van der Waals surface area contributed by atoms with Crippen LogP contribution in [0.2, 0.25) is 0 Å². The summed E-state index contributed by atoms with van der Waals surface area (Å²) in [4.78, 5) is 4.60. The van der Waals surface area contributed by atoms with E-state index in [2.05, 4.69) is 25.7 Å². The molecule has 0 radical (unpaired) electrons. The zero-order valence-corrected chi connectivity index (χ0v) is 12.5. The molecule has 0 aromatic heterocycles. The number of benzene rings is 1. The summed E-state index contributed by atoms with van der Waals surface area (Å²) >= 11 is 3.45. The summed E-state index contributed by atoms with van der Waals surface area (Å²) in [6, 6.07) is 4.40. The van der Waals surface area contributed by atoms with Gasteiger partial charge in [-0.2, -0.15) is 0 Å². The second-order valence-corrected chi connectivity index (χ2v) is 5.67. The van der Waals surface area contributed by atoms with Crippen LogP contribution in [0.25, 0.3) is 0 Å². The van der Waals surface area contributed by atoms with Crippen molar-refractivity contribution in [1.82, 2.24) is 9.80 Å². The third-order valence-corrected chi connectivity index (χ3v) is 3.86. The first kappa shape index (κ1) is 14.9. The molecule has 0 spiro atoms. The zero-order valence-electron chi connectivity index (χ0n) is 10.9. The maximum Gasteiger partial charge on any atom is 0.163 e. The van der Waals surface area contributed by atoms with Crippen molar-refractivity contribution in [3.63, 3.8) is 0 Å². The Kier molecular flexibility index (Phi) is 5.73. The van der Waals surface area contributed by atoms with Crippen LogP contribution in [-0.2, 0) is 6.54 Å². The molecule has 1 aliphatic rings. The molecule has 1 aliphatic heterocycles. The van der Waals surface area contributed by atoms with Crippen molar-refractivity contribution >= 4 is 15.9 Å². The Hall–Kier alpha value is -0.520. The van der Waals surface area contributed by atoms with Crippen LogP contribution < -0.4 is 0 Å². The van der Waals surface area contributed by atoms with E-state index in [0.717, 1.165) is 44.5 Å². The van der Waals surface area contributed by atoms with E-state index in [1.54, 1.807) is 12.1 Å². The number of nitrogens with zero attached hydrogens (tertiary/aromatic N) is 2. The van der Waals surface area contributed by atoms with Gasteiger partial charge in [-0.05, 0) is 25.6 Å². The average molecular weight is 333 g/mol. The minimum absolute atomic E-state index is 0.453. The van der Waals surface area contributed by atoms with Gasteiger partial charge in [0.1, 0.15) is 0 Å². The van der Waals surface area contributed by atoms with Gasteiger partial charge >= 0.3 is 0 Å². The number of rotatable bonds is 4. The Bertz CT molecular complexity index is 414.